The molecule has 0 aliphatic rings. The Hall–Kier alpha value is -3.22. The summed E-state index contributed by atoms with van der Waals surface area (Å²) in [4.78, 5) is 26.2. The average Bonchev–Trinajstić information content (AvgIpc) is 3.47. The number of ether oxygens (including phenoxy) is 1. The van der Waals surface area contributed by atoms with Crippen molar-refractivity contribution in [3.8, 4) is 17.2 Å². The number of nitrogens with one attached hydrogen (secondary N) is 1. The fraction of sp³-hybridized carbons (Fsp3) is 0.261. The number of amides is 1. The molecule has 0 bridgehead atoms. The van der Waals surface area contributed by atoms with Gasteiger partial charge in [0.05, 0.1) is 22.9 Å². The number of aromatic nitrogens is 5. The lowest BCUT2D eigenvalue weighted by Crippen LogP contribution is -2.16. The largest absolute Gasteiger partial charge is 0.462 e. The van der Waals surface area contributed by atoms with Crippen molar-refractivity contribution in [2.45, 2.75) is 25.9 Å². The molecule has 0 aliphatic heterocycles. The van der Waals surface area contributed by atoms with E-state index in [0.29, 0.717) is 37.9 Å². The van der Waals surface area contributed by atoms with Gasteiger partial charge in [0.25, 0.3) is 0 Å². The fourth-order valence-electron chi connectivity index (χ4n) is 3.41. The molecule has 3 heterocycles. The summed E-state index contributed by atoms with van der Waals surface area (Å²) < 4.78 is 21.9. The van der Waals surface area contributed by atoms with Gasteiger partial charge in [0.2, 0.25) is 5.91 Å². The zero-order valence-corrected chi connectivity index (χ0v) is 22.2. The second-order valence-electron chi connectivity index (χ2n) is 7.66. The normalized spacial score (nSPS) is 11.1. The van der Waals surface area contributed by atoms with Crippen LogP contribution in [0.2, 0.25) is 5.02 Å². The average molecular weight is 549 g/mol. The SMILES string of the molecule is CCOC(=O)c1c(NC(=O)CSc2nnc(-c3nn(C)cc3Cl)n2-c2ccc(F)cc2)sc(C)c1C. The molecule has 4 rings (SSSR count). The number of thioether (sulfide) groups is 1. The van der Waals surface area contributed by atoms with Crippen molar-refractivity contribution in [1.82, 2.24) is 24.5 Å². The molecule has 0 saturated heterocycles. The van der Waals surface area contributed by atoms with E-state index in [0.717, 1.165) is 22.2 Å². The van der Waals surface area contributed by atoms with Crippen LogP contribution in [0.3, 0.4) is 0 Å². The number of hydrogen-bond acceptors (Lipinski definition) is 8. The Kier molecular flexibility index (Phi) is 7.76. The number of aryl methyl sites for hydroxylation is 2. The Morgan fingerprint density at radius 2 is 1.94 bits per heavy atom. The summed E-state index contributed by atoms with van der Waals surface area (Å²) >= 11 is 8.78. The van der Waals surface area contributed by atoms with Crippen molar-refractivity contribution in [3.63, 3.8) is 0 Å². The van der Waals surface area contributed by atoms with Crippen LogP contribution in [-0.2, 0) is 16.6 Å². The second kappa shape index (κ2) is 10.8. The van der Waals surface area contributed by atoms with E-state index in [1.165, 1.54) is 23.5 Å². The van der Waals surface area contributed by atoms with Gasteiger partial charge in [-0.2, -0.15) is 5.10 Å². The first-order chi connectivity index (χ1) is 17.2. The van der Waals surface area contributed by atoms with E-state index in [1.54, 1.807) is 41.5 Å². The zero-order valence-electron chi connectivity index (χ0n) is 19.8. The Morgan fingerprint density at radius 1 is 1.22 bits per heavy atom. The molecule has 0 aliphatic carbocycles. The van der Waals surface area contributed by atoms with Gasteiger partial charge in [0, 0.05) is 23.8 Å². The van der Waals surface area contributed by atoms with Gasteiger partial charge in [0.15, 0.2) is 11.0 Å². The predicted molar refractivity (Wildman–Crippen MR) is 138 cm³/mol. The van der Waals surface area contributed by atoms with Gasteiger partial charge in [-0.05, 0) is 50.6 Å². The van der Waals surface area contributed by atoms with E-state index in [2.05, 4.69) is 20.6 Å². The van der Waals surface area contributed by atoms with Crippen LogP contribution < -0.4 is 5.32 Å². The Labute approximate surface area is 219 Å². The number of nitrogens with zero attached hydrogens (tertiary/aromatic N) is 5. The van der Waals surface area contributed by atoms with Crippen molar-refractivity contribution < 1.29 is 18.7 Å². The Balaban J connectivity index is 1.60. The lowest BCUT2D eigenvalue weighted by Gasteiger charge is -2.10. The quantitative estimate of drug-likeness (QED) is 0.243. The maximum absolute atomic E-state index is 13.6. The smallest absolute Gasteiger partial charge is 0.341 e. The monoisotopic (exact) mass is 548 g/mol. The number of carbonyl (C=O) groups is 2. The number of halogens is 2. The van der Waals surface area contributed by atoms with Crippen LogP contribution in [0.25, 0.3) is 17.2 Å². The number of esters is 1. The highest BCUT2D eigenvalue weighted by molar-refractivity contribution is 7.99. The first-order valence-corrected chi connectivity index (χ1v) is 13.0. The highest BCUT2D eigenvalue weighted by atomic mass is 35.5. The minimum Gasteiger partial charge on any atom is -0.462 e. The topological polar surface area (TPSA) is 104 Å². The van der Waals surface area contributed by atoms with Crippen molar-refractivity contribution in [1.29, 1.82) is 0 Å². The summed E-state index contributed by atoms with van der Waals surface area (Å²) in [6.07, 6.45) is 1.63. The van der Waals surface area contributed by atoms with Crippen molar-refractivity contribution in [2.24, 2.45) is 7.05 Å². The molecule has 0 unspecified atom stereocenters. The maximum Gasteiger partial charge on any atom is 0.341 e. The highest BCUT2D eigenvalue weighted by Crippen LogP contribution is 2.34. The molecule has 3 aromatic heterocycles. The first-order valence-electron chi connectivity index (χ1n) is 10.8. The molecule has 4 aromatic rings. The third-order valence-electron chi connectivity index (χ3n) is 5.16. The van der Waals surface area contributed by atoms with Gasteiger partial charge in [0.1, 0.15) is 16.5 Å². The Bertz CT molecular complexity index is 1430. The van der Waals surface area contributed by atoms with Crippen LogP contribution in [0.1, 0.15) is 27.7 Å². The molecular formula is C23H22ClFN6O3S2. The second-order valence-corrected chi connectivity index (χ2v) is 10.2. The molecule has 1 amide bonds. The van der Waals surface area contributed by atoms with Crippen LogP contribution in [0.5, 0.6) is 0 Å². The molecule has 0 atom stereocenters. The van der Waals surface area contributed by atoms with Gasteiger partial charge in [-0.3, -0.25) is 14.0 Å². The molecule has 13 heteroatoms. The summed E-state index contributed by atoms with van der Waals surface area (Å²) in [6, 6.07) is 5.79. The Morgan fingerprint density at radius 3 is 2.58 bits per heavy atom. The molecule has 9 nitrogen and oxygen atoms in total. The van der Waals surface area contributed by atoms with Crippen molar-refractivity contribution in [3.05, 3.63) is 57.3 Å². The van der Waals surface area contributed by atoms with Gasteiger partial charge < -0.3 is 10.1 Å². The van der Waals surface area contributed by atoms with Crippen LogP contribution in [-0.4, -0.2) is 48.8 Å². The highest BCUT2D eigenvalue weighted by Gasteiger charge is 2.24. The van der Waals surface area contributed by atoms with Crippen LogP contribution in [0, 0.1) is 19.7 Å². The summed E-state index contributed by atoms with van der Waals surface area (Å²) in [6.45, 7) is 5.66. The van der Waals surface area contributed by atoms with E-state index < -0.39 is 11.8 Å². The predicted octanol–water partition coefficient (Wildman–Crippen LogP) is 5.05. The van der Waals surface area contributed by atoms with E-state index in [4.69, 9.17) is 16.3 Å². The number of rotatable bonds is 8. The fourth-order valence-corrected chi connectivity index (χ4v) is 5.49. The van der Waals surface area contributed by atoms with Gasteiger partial charge in [-0.1, -0.05) is 23.4 Å². The van der Waals surface area contributed by atoms with Gasteiger partial charge >= 0.3 is 5.97 Å². The summed E-state index contributed by atoms with van der Waals surface area (Å²) in [7, 11) is 1.73. The van der Waals surface area contributed by atoms with Crippen molar-refractivity contribution in [2.75, 3.05) is 17.7 Å². The molecule has 1 N–H and O–H groups in total. The van der Waals surface area contributed by atoms with E-state index in [-0.39, 0.29) is 18.3 Å². The lowest BCUT2D eigenvalue weighted by atomic mass is 10.1. The molecule has 36 heavy (non-hydrogen) atoms. The minimum atomic E-state index is -0.477. The minimum absolute atomic E-state index is 0.0203. The molecule has 0 saturated carbocycles. The molecule has 1 aromatic carbocycles. The number of anilines is 1. The van der Waals surface area contributed by atoms with Crippen LogP contribution in [0.4, 0.5) is 9.39 Å². The van der Waals surface area contributed by atoms with Gasteiger partial charge in [-0.15, -0.1) is 21.5 Å². The zero-order chi connectivity index (χ0) is 26.0. The third kappa shape index (κ3) is 5.30. The summed E-state index contributed by atoms with van der Waals surface area (Å²) in [5.41, 5.74) is 2.11. The van der Waals surface area contributed by atoms with Crippen LogP contribution >= 0.6 is 34.7 Å². The third-order valence-corrected chi connectivity index (χ3v) is 7.49. The molecular weight excluding hydrogens is 527 g/mol. The first kappa shape index (κ1) is 25.9. The summed E-state index contributed by atoms with van der Waals surface area (Å²) in [5.74, 6) is -0.873. The number of carbonyl (C=O) groups excluding carboxylic acids is 2. The number of benzene rings is 1. The molecule has 0 spiro atoms. The van der Waals surface area contributed by atoms with Crippen molar-refractivity contribution >= 4 is 51.6 Å². The molecule has 0 fully saturated rings. The van der Waals surface area contributed by atoms with E-state index in [9.17, 15) is 14.0 Å². The van der Waals surface area contributed by atoms with E-state index >= 15 is 0 Å². The van der Waals surface area contributed by atoms with E-state index in [1.807, 2.05) is 13.8 Å². The van der Waals surface area contributed by atoms with Crippen LogP contribution in [0.15, 0.2) is 35.6 Å². The summed E-state index contributed by atoms with van der Waals surface area (Å²) in [5, 5.41) is 16.8. The maximum atomic E-state index is 13.6. The molecule has 0 radical (unpaired) electrons. The number of thiophene rings is 1. The molecule has 188 valence electrons. The standard InChI is InChI=1S/C23H22ClFN6O3S2/c1-5-34-22(33)18-12(2)13(3)36-21(18)26-17(32)11-35-23-28-27-20(19-16(24)10-30(4)29-19)31(23)15-8-6-14(25)7-9-15/h6-10H,5,11H2,1-4H3,(H,26,32). The lowest BCUT2D eigenvalue weighted by molar-refractivity contribution is -0.113. The number of hydrogen-bond donors (Lipinski definition) is 1. The van der Waals surface area contributed by atoms with Gasteiger partial charge in [-0.25, -0.2) is 9.18 Å².